The monoisotopic (exact) mass is 284 g/mol. The molecule has 0 spiro atoms. The van der Waals surface area contributed by atoms with E-state index < -0.39 is 8.60 Å². The molecule has 0 radical (unpaired) electrons. The molecular weight excluding hydrogens is 275 g/mol. The third-order valence-corrected chi connectivity index (χ3v) is 1.52. The van der Waals surface area contributed by atoms with Crippen molar-refractivity contribution in [2.75, 3.05) is 0 Å². The van der Waals surface area contributed by atoms with Crippen molar-refractivity contribution in [2.45, 2.75) is 6.61 Å². The zero-order valence-corrected chi connectivity index (χ0v) is 11.4. The minimum atomic E-state index is -2.72. The van der Waals surface area contributed by atoms with Gasteiger partial charge in [-0.3, -0.25) is 0 Å². The van der Waals surface area contributed by atoms with Gasteiger partial charge in [-0.1, -0.05) is 30.3 Å². The van der Waals surface area contributed by atoms with Crippen molar-refractivity contribution in [3.8, 4) is 0 Å². The fourth-order valence-corrected chi connectivity index (χ4v) is 0.956. The molecule has 0 amide bonds. The Morgan fingerprint density at radius 2 is 1.75 bits per heavy atom. The Labute approximate surface area is 92.5 Å². The molecule has 1 aromatic carbocycles. The summed E-state index contributed by atoms with van der Waals surface area (Å²) in [5.74, 6) is 0. The van der Waals surface area contributed by atoms with Gasteiger partial charge in [-0.2, -0.15) is 8.60 Å². The van der Waals surface area contributed by atoms with Gasteiger partial charge >= 0.3 is 27.3 Å². The second-order valence-electron chi connectivity index (χ2n) is 1.98. The van der Waals surface area contributed by atoms with E-state index in [2.05, 4.69) is 4.52 Å². The van der Waals surface area contributed by atoms with E-state index in [1.54, 1.807) is 12.1 Å². The van der Waals surface area contributed by atoms with Crippen LogP contribution in [0.1, 0.15) is 5.56 Å². The maximum atomic E-state index is 9.99. The molecule has 0 unspecified atom stereocenters. The third kappa shape index (κ3) is 5.16. The van der Waals surface area contributed by atoms with Gasteiger partial charge in [0, 0.05) is 0 Å². The van der Waals surface area contributed by atoms with Crippen molar-refractivity contribution < 1.29 is 41.6 Å². The smallest absolute Gasteiger partial charge is 0.820 e. The second-order valence-corrected chi connectivity index (χ2v) is 2.69. The van der Waals surface area contributed by atoms with Gasteiger partial charge in [0.2, 0.25) is 0 Å². The zero-order chi connectivity index (χ0) is 8.10. The van der Waals surface area contributed by atoms with Gasteiger partial charge in [0.15, 0.2) is 0 Å². The summed E-state index contributed by atoms with van der Waals surface area (Å²) in [6.45, 7) is 0.125. The van der Waals surface area contributed by atoms with Crippen molar-refractivity contribution in [3.05, 3.63) is 35.9 Å². The molecule has 0 aliphatic carbocycles. The van der Waals surface area contributed by atoms with Gasteiger partial charge in [-0.15, -0.1) is 0 Å². The topological polar surface area (TPSA) is 55.3 Å². The summed E-state index contributed by atoms with van der Waals surface area (Å²) in [7, 11) is -2.72. The minimum absolute atomic E-state index is 0. The quantitative estimate of drug-likeness (QED) is 0.586. The average Bonchev–Trinajstić information content (AvgIpc) is 2.03. The molecule has 1 rings (SSSR count). The van der Waals surface area contributed by atoms with Crippen molar-refractivity contribution >= 4 is 8.60 Å². The average molecular weight is 283 g/mol. The fourth-order valence-electron chi connectivity index (χ4n) is 0.701. The molecule has 0 heterocycles. The van der Waals surface area contributed by atoms with Gasteiger partial charge in [-0.05, 0) is 5.56 Å². The summed E-state index contributed by atoms with van der Waals surface area (Å²) in [5.41, 5.74) is 0.853. The first-order chi connectivity index (χ1) is 5.29. The van der Waals surface area contributed by atoms with E-state index in [4.69, 9.17) is 0 Å². The molecule has 12 heavy (non-hydrogen) atoms. The molecule has 60 valence electrons. The SMILES string of the molecule is [Cd+2].[O-]P([O-])OCc1ccccc1. The first-order valence-electron chi connectivity index (χ1n) is 3.10. The molecule has 0 fully saturated rings. The zero-order valence-electron chi connectivity index (χ0n) is 6.47. The first kappa shape index (κ1) is 12.5. The Morgan fingerprint density at radius 1 is 1.17 bits per heavy atom. The summed E-state index contributed by atoms with van der Waals surface area (Å²) < 4.78 is 4.38. The van der Waals surface area contributed by atoms with Crippen LogP contribution in [-0.4, -0.2) is 0 Å². The van der Waals surface area contributed by atoms with Crippen LogP contribution in [0.3, 0.4) is 0 Å². The molecule has 5 heteroatoms. The van der Waals surface area contributed by atoms with Crippen LogP contribution in [0.5, 0.6) is 0 Å². The van der Waals surface area contributed by atoms with Crippen molar-refractivity contribution in [2.24, 2.45) is 0 Å². The predicted molar refractivity (Wildman–Crippen MR) is 38.2 cm³/mol. The number of rotatable bonds is 3. The summed E-state index contributed by atoms with van der Waals surface area (Å²) in [4.78, 5) is 20.0. The second kappa shape index (κ2) is 6.91. The maximum Gasteiger partial charge on any atom is 2.00 e. The van der Waals surface area contributed by atoms with Gasteiger partial charge < -0.3 is 14.3 Å². The fraction of sp³-hybridized carbons (Fsp3) is 0.143. The number of hydrogen-bond acceptors (Lipinski definition) is 3. The van der Waals surface area contributed by atoms with Gasteiger partial charge in [0.1, 0.15) is 0 Å². The molecular formula is C7H7CdO3P. The van der Waals surface area contributed by atoms with Crippen LogP contribution in [0.4, 0.5) is 0 Å². The van der Waals surface area contributed by atoms with E-state index in [1.807, 2.05) is 18.2 Å². The van der Waals surface area contributed by atoms with E-state index in [-0.39, 0.29) is 33.9 Å². The molecule has 0 N–H and O–H groups in total. The van der Waals surface area contributed by atoms with Crippen LogP contribution in [0.25, 0.3) is 0 Å². The van der Waals surface area contributed by atoms with Gasteiger partial charge in [0.05, 0.1) is 6.61 Å². The Bertz CT molecular complexity index is 205. The van der Waals surface area contributed by atoms with Crippen LogP contribution < -0.4 is 9.79 Å². The number of benzene rings is 1. The summed E-state index contributed by atoms with van der Waals surface area (Å²) in [5, 5.41) is 0. The van der Waals surface area contributed by atoms with Gasteiger partial charge in [-0.25, -0.2) is 0 Å². The summed E-state index contributed by atoms with van der Waals surface area (Å²) >= 11 is 0. The van der Waals surface area contributed by atoms with Crippen LogP contribution >= 0.6 is 8.60 Å². The number of hydrogen-bond donors (Lipinski definition) is 0. The van der Waals surface area contributed by atoms with E-state index in [1.165, 1.54) is 0 Å². The Morgan fingerprint density at radius 3 is 2.25 bits per heavy atom. The molecule has 0 aliphatic heterocycles. The van der Waals surface area contributed by atoms with E-state index in [0.29, 0.717) is 0 Å². The Hall–Kier alpha value is 0.452. The van der Waals surface area contributed by atoms with Crippen LogP contribution in [0, 0.1) is 0 Å². The van der Waals surface area contributed by atoms with Gasteiger partial charge in [0.25, 0.3) is 0 Å². The third-order valence-electron chi connectivity index (χ3n) is 1.18. The first-order valence-corrected chi connectivity index (χ1v) is 4.20. The molecule has 0 aliphatic rings. The standard InChI is InChI=1S/C7H7O3P.Cd/c8-11(9)10-6-7-4-2-1-3-5-7;/h1-5H,6H2;/q-2;+2. The Kier molecular flexibility index (Phi) is 7.17. The molecule has 0 bridgehead atoms. The van der Waals surface area contributed by atoms with Crippen LogP contribution in [0.15, 0.2) is 30.3 Å². The molecule has 3 nitrogen and oxygen atoms in total. The van der Waals surface area contributed by atoms with E-state index >= 15 is 0 Å². The molecule has 1 aromatic rings. The summed E-state index contributed by atoms with van der Waals surface area (Å²) in [6, 6.07) is 9.13. The van der Waals surface area contributed by atoms with E-state index in [9.17, 15) is 9.79 Å². The molecule has 0 saturated heterocycles. The molecule has 0 saturated carbocycles. The molecule has 0 aromatic heterocycles. The Balaban J connectivity index is 0.00000121. The normalized spacial score (nSPS) is 9.58. The van der Waals surface area contributed by atoms with Crippen molar-refractivity contribution in [1.82, 2.24) is 0 Å². The maximum absolute atomic E-state index is 9.99. The molecule has 0 atom stereocenters. The minimum Gasteiger partial charge on any atom is -0.820 e. The van der Waals surface area contributed by atoms with Crippen LogP contribution in [-0.2, 0) is 38.4 Å². The van der Waals surface area contributed by atoms with Crippen molar-refractivity contribution in [3.63, 3.8) is 0 Å². The predicted octanol–water partition coefficient (Wildman–Crippen LogP) is 0.148. The summed E-state index contributed by atoms with van der Waals surface area (Å²) in [6.07, 6.45) is 0. The largest absolute Gasteiger partial charge is 2.00 e. The van der Waals surface area contributed by atoms with Crippen molar-refractivity contribution in [1.29, 1.82) is 0 Å². The van der Waals surface area contributed by atoms with E-state index in [0.717, 1.165) is 5.56 Å². The van der Waals surface area contributed by atoms with Crippen LogP contribution in [0.2, 0.25) is 0 Å².